The highest BCUT2D eigenvalue weighted by Gasteiger charge is 2.11. The van der Waals surface area contributed by atoms with Crippen LogP contribution in [0.5, 0.6) is 0 Å². The number of aryl methyl sites for hydroxylation is 1. The number of non-ortho nitro benzene ring substituents is 1. The predicted octanol–water partition coefficient (Wildman–Crippen LogP) is 3.36. The van der Waals surface area contributed by atoms with E-state index in [1.807, 2.05) is 19.1 Å². The second-order valence-electron chi connectivity index (χ2n) is 4.33. The lowest BCUT2D eigenvalue weighted by atomic mass is 9.99. The number of rotatable bonds is 3. The average Bonchev–Trinajstić information content (AvgIpc) is 2.47. The van der Waals surface area contributed by atoms with Gasteiger partial charge in [-0.2, -0.15) is 0 Å². The third-order valence-corrected chi connectivity index (χ3v) is 3.05. The summed E-state index contributed by atoms with van der Waals surface area (Å²) in [6.45, 7) is 1.83. The third-order valence-electron chi connectivity index (χ3n) is 3.05. The Morgan fingerprint density at radius 2 is 1.70 bits per heavy atom. The molecule has 5 heteroatoms. The molecule has 0 heterocycles. The van der Waals surface area contributed by atoms with Gasteiger partial charge in [0.05, 0.1) is 17.6 Å². The van der Waals surface area contributed by atoms with Crippen LogP contribution in [0.1, 0.15) is 15.9 Å². The minimum absolute atomic E-state index is 0.0362. The first-order valence-electron chi connectivity index (χ1n) is 5.96. The molecule has 0 aliphatic heterocycles. The van der Waals surface area contributed by atoms with E-state index >= 15 is 0 Å². The Morgan fingerprint density at radius 3 is 2.25 bits per heavy atom. The molecule has 0 aliphatic rings. The number of esters is 1. The van der Waals surface area contributed by atoms with Gasteiger partial charge in [0, 0.05) is 12.1 Å². The molecular weight excluding hydrogens is 258 g/mol. The summed E-state index contributed by atoms with van der Waals surface area (Å²) in [5, 5.41) is 10.6. The maximum absolute atomic E-state index is 11.6. The van der Waals surface area contributed by atoms with Crippen molar-refractivity contribution >= 4 is 11.7 Å². The van der Waals surface area contributed by atoms with Gasteiger partial charge in [0.2, 0.25) is 0 Å². The van der Waals surface area contributed by atoms with Crippen LogP contribution in [-0.2, 0) is 4.74 Å². The number of nitro groups is 1. The van der Waals surface area contributed by atoms with Crippen LogP contribution in [0.25, 0.3) is 11.1 Å². The molecule has 5 nitrogen and oxygen atoms in total. The van der Waals surface area contributed by atoms with Gasteiger partial charge in [-0.05, 0) is 41.8 Å². The fourth-order valence-electron chi connectivity index (χ4n) is 1.91. The van der Waals surface area contributed by atoms with E-state index in [1.165, 1.54) is 19.2 Å². The van der Waals surface area contributed by atoms with Crippen molar-refractivity contribution in [2.45, 2.75) is 6.92 Å². The standard InChI is InChI=1S/C15H13NO4/c1-10-3-4-12(9-14(10)15(17)20-2)11-5-7-13(8-6-11)16(18)19/h3-9H,1-2H3. The van der Waals surface area contributed by atoms with Gasteiger partial charge in [0.1, 0.15) is 0 Å². The summed E-state index contributed by atoms with van der Waals surface area (Å²) in [5.74, 6) is -0.397. The van der Waals surface area contributed by atoms with Gasteiger partial charge in [-0.3, -0.25) is 10.1 Å². The number of methoxy groups -OCH3 is 1. The number of hydrogen-bond donors (Lipinski definition) is 0. The molecule has 0 atom stereocenters. The summed E-state index contributed by atoms with van der Waals surface area (Å²) in [6.07, 6.45) is 0. The molecule has 0 spiro atoms. The quantitative estimate of drug-likeness (QED) is 0.487. The van der Waals surface area contributed by atoms with E-state index in [-0.39, 0.29) is 5.69 Å². The average molecular weight is 271 g/mol. The number of carbonyl (C=O) groups excluding carboxylic acids is 1. The van der Waals surface area contributed by atoms with E-state index in [1.54, 1.807) is 18.2 Å². The largest absolute Gasteiger partial charge is 0.465 e. The lowest BCUT2D eigenvalue weighted by Crippen LogP contribution is -2.03. The molecule has 0 bridgehead atoms. The number of hydrogen-bond acceptors (Lipinski definition) is 4. The van der Waals surface area contributed by atoms with Gasteiger partial charge >= 0.3 is 5.97 Å². The molecule has 0 unspecified atom stereocenters. The highest BCUT2D eigenvalue weighted by molar-refractivity contribution is 5.92. The van der Waals surface area contributed by atoms with Gasteiger partial charge in [-0.15, -0.1) is 0 Å². The molecule has 2 aromatic carbocycles. The second kappa shape index (κ2) is 5.52. The Labute approximate surface area is 116 Å². The first-order chi connectivity index (χ1) is 9.52. The molecule has 2 aromatic rings. The van der Waals surface area contributed by atoms with Gasteiger partial charge in [0.25, 0.3) is 5.69 Å². The molecule has 102 valence electrons. The molecule has 2 rings (SSSR count). The lowest BCUT2D eigenvalue weighted by molar-refractivity contribution is -0.384. The monoisotopic (exact) mass is 271 g/mol. The van der Waals surface area contributed by atoms with E-state index in [9.17, 15) is 14.9 Å². The Bertz CT molecular complexity index is 662. The Morgan fingerprint density at radius 1 is 1.10 bits per heavy atom. The zero-order valence-corrected chi connectivity index (χ0v) is 11.1. The number of nitrogens with zero attached hydrogens (tertiary/aromatic N) is 1. The molecule has 0 radical (unpaired) electrons. The minimum atomic E-state index is -0.446. The third kappa shape index (κ3) is 2.66. The molecule has 0 aromatic heterocycles. The van der Waals surface area contributed by atoms with Crippen LogP contribution in [0.3, 0.4) is 0 Å². The van der Waals surface area contributed by atoms with E-state index in [0.29, 0.717) is 5.56 Å². The smallest absolute Gasteiger partial charge is 0.338 e. The van der Waals surface area contributed by atoms with Crippen LogP contribution in [0.15, 0.2) is 42.5 Å². The van der Waals surface area contributed by atoms with E-state index in [4.69, 9.17) is 4.74 Å². The molecule has 0 saturated heterocycles. The van der Waals surface area contributed by atoms with Crippen LogP contribution in [0.2, 0.25) is 0 Å². The molecule has 0 aliphatic carbocycles. The summed E-state index contributed by atoms with van der Waals surface area (Å²) < 4.78 is 4.73. The maximum atomic E-state index is 11.6. The Kier molecular flexibility index (Phi) is 3.79. The maximum Gasteiger partial charge on any atom is 0.338 e. The van der Waals surface area contributed by atoms with Gasteiger partial charge in [-0.1, -0.05) is 12.1 Å². The topological polar surface area (TPSA) is 69.4 Å². The first-order valence-corrected chi connectivity index (χ1v) is 5.96. The van der Waals surface area contributed by atoms with Crippen LogP contribution in [0, 0.1) is 17.0 Å². The molecule has 0 amide bonds. The minimum Gasteiger partial charge on any atom is -0.465 e. The first kappa shape index (κ1) is 13.7. The van der Waals surface area contributed by atoms with Crippen molar-refractivity contribution in [3.05, 3.63) is 63.7 Å². The summed E-state index contributed by atoms with van der Waals surface area (Å²) in [7, 11) is 1.33. The van der Waals surface area contributed by atoms with Crippen molar-refractivity contribution in [3.63, 3.8) is 0 Å². The van der Waals surface area contributed by atoms with Gasteiger partial charge < -0.3 is 4.74 Å². The van der Waals surface area contributed by atoms with Crippen molar-refractivity contribution in [2.24, 2.45) is 0 Å². The predicted molar refractivity (Wildman–Crippen MR) is 74.6 cm³/mol. The van der Waals surface area contributed by atoms with Crippen molar-refractivity contribution in [3.8, 4) is 11.1 Å². The van der Waals surface area contributed by atoms with Crippen molar-refractivity contribution in [1.29, 1.82) is 0 Å². The van der Waals surface area contributed by atoms with E-state index in [0.717, 1.165) is 16.7 Å². The molecular formula is C15H13NO4. The second-order valence-corrected chi connectivity index (χ2v) is 4.33. The van der Waals surface area contributed by atoms with Crippen LogP contribution in [0.4, 0.5) is 5.69 Å². The zero-order valence-electron chi connectivity index (χ0n) is 11.1. The summed E-state index contributed by atoms with van der Waals surface area (Å²) in [5.41, 5.74) is 2.96. The van der Waals surface area contributed by atoms with Crippen molar-refractivity contribution in [1.82, 2.24) is 0 Å². The number of nitro benzene ring substituents is 1. The Balaban J connectivity index is 2.42. The SMILES string of the molecule is COC(=O)c1cc(-c2ccc([N+](=O)[O-])cc2)ccc1C. The fraction of sp³-hybridized carbons (Fsp3) is 0.133. The van der Waals surface area contributed by atoms with Crippen LogP contribution in [-0.4, -0.2) is 18.0 Å². The normalized spacial score (nSPS) is 10.1. The number of ether oxygens (including phenoxy) is 1. The summed E-state index contributed by atoms with van der Waals surface area (Å²) in [6, 6.07) is 11.6. The fourth-order valence-corrected chi connectivity index (χ4v) is 1.91. The molecule has 0 saturated carbocycles. The molecule has 0 fully saturated rings. The van der Waals surface area contributed by atoms with E-state index < -0.39 is 10.9 Å². The zero-order chi connectivity index (χ0) is 14.7. The van der Waals surface area contributed by atoms with Gasteiger partial charge in [0.15, 0.2) is 0 Å². The molecule has 0 N–H and O–H groups in total. The summed E-state index contributed by atoms with van der Waals surface area (Å²) >= 11 is 0. The van der Waals surface area contributed by atoms with Gasteiger partial charge in [-0.25, -0.2) is 4.79 Å². The van der Waals surface area contributed by atoms with E-state index in [2.05, 4.69) is 0 Å². The highest BCUT2D eigenvalue weighted by atomic mass is 16.6. The Hall–Kier alpha value is -2.69. The van der Waals surface area contributed by atoms with Crippen LogP contribution >= 0.6 is 0 Å². The highest BCUT2D eigenvalue weighted by Crippen LogP contribution is 2.25. The lowest BCUT2D eigenvalue weighted by Gasteiger charge is -2.07. The molecule has 20 heavy (non-hydrogen) atoms. The summed E-state index contributed by atoms with van der Waals surface area (Å²) in [4.78, 5) is 21.8. The number of carbonyl (C=O) groups is 1. The van der Waals surface area contributed by atoms with Crippen molar-refractivity contribution in [2.75, 3.05) is 7.11 Å². The van der Waals surface area contributed by atoms with Crippen LogP contribution < -0.4 is 0 Å². The van der Waals surface area contributed by atoms with Crippen molar-refractivity contribution < 1.29 is 14.5 Å². The number of benzene rings is 2.